The molecule has 3 heterocycles. The minimum Gasteiger partial charge on any atom is -0.392 e. The third-order valence-corrected chi connectivity index (χ3v) is 5.40. The third kappa shape index (κ3) is 13.0. The summed E-state index contributed by atoms with van der Waals surface area (Å²) < 4.78 is 5.17. The van der Waals surface area contributed by atoms with Crippen LogP contribution >= 0.6 is 0 Å². The van der Waals surface area contributed by atoms with Crippen molar-refractivity contribution in [2.75, 3.05) is 66.0 Å². The van der Waals surface area contributed by atoms with Crippen molar-refractivity contribution < 1.29 is 29.3 Å². The van der Waals surface area contributed by atoms with E-state index in [9.17, 15) is 14.4 Å². The van der Waals surface area contributed by atoms with Crippen LogP contribution in [0.5, 0.6) is 0 Å². The molecule has 0 spiro atoms. The fourth-order valence-electron chi connectivity index (χ4n) is 3.99. The third-order valence-electron chi connectivity index (χ3n) is 5.40. The maximum absolute atomic E-state index is 10.7. The van der Waals surface area contributed by atoms with Gasteiger partial charge in [0.15, 0.2) is 0 Å². The first-order valence-electron chi connectivity index (χ1n) is 11.1. The number of rotatable bonds is 7. The number of aliphatic hydroxyl groups excluding tert-OH is 2. The molecule has 3 fully saturated rings. The Morgan fingerprint density at radius 2 is 1.06 bits per heavy atom. The van der Waals surface area contributed by atoms with Gasteiger partial charge in [0, 0.05) is 46.4 Å². The Morgan fingerprint density at radius 3 is 1.32 bits per heavy atom. The van der Waals surface area contributed by atoms with E-state index in [0.29, 0.717) is 38.8 Å². The van der Waals surface area contributed by atoms with Crippen LogP contribution in [0.1, 0.15) is 40.0 Å². The molecule has 0 unspecified atom stereocenters. The van der Waals surface area contributed by atoms with Crippen LogP contribution in [0, 0.1) is 0 Å². The molecule has 0 bridgehead atoms. The van der Waals surface area contributed by atoms with Gasteiger partial charge in [-0.1, -0.05) is 0 Å². The molecule has 3 rings (SSSR count). The minimum atomic E-state index is -0.209. The number of ketones is 3. The van der Waals surface area contributed by atoms with Crippen molar-refractivity contribution in [3.63, 3.8) is 0 Å². The fourth-order valence-corrected chi connectivity index (χ4v) is 3.99. The molecule has 0 aromatic rings. The van der Waals surface area contributed by atoms with Gasteiger partial charge in [-0.15, -0.1) is 0 Å². The van der Waals surface area contributed by atoms with Crippen molar-refractivity contribution in [3.8, 4) is 0 Å². The summed E-state index contributed by atoms with van der Waals surface area (Å²) in [5.41, 5.74) is 0. The normalized spacial score (nSPS) is 26.7. The van der Waals surface area contributed by atoms with Crippen LogP contribution in [0.25, 0.3) is 0 Å². The highest BCUT2D eigenvalue weighted by Gasteiger charge is 2.22. The Bertz CT molecular complexity index is 541. The highest BCUT2D eigenvalue weighted by Crippen LogP contribution is 2.11. The summed E-state index contributed by atoms with van der Waals surface area (Å²) >= 11 is 0. The fraction of sp³-hybridized carbons (Fsp3) is 0.864. The van der Waals surface area contributed by atoms with Crippen molar-refractivity contribution in [2.45, 2.75) is 58.3 Å². The SMILES string of the molecule is CC(=O)CN1CC[C@@H](O)C1.CC(=O)CN1CC[C@H](O)C1.CO[C@@H]1CCN(CC(C)=O)C1. The van der Waals surface area contributed by atoms with E-state index in [1.165, 1.54) is 0 Å². The Balaban J connectivity index is 0.000000233. The van der Waals surface area contributed by atoms with Crippen LogP contribution in [-0.2, 0) is 19.1 Å². The van der Waals surface area contributed by atoms with Crippen molar-refractivity contribution >= 4 is 17.3 Å². The zero-order valence-electron chi connectivity index (χ0n) is 19.6. The maximum atomic E-state index is 10.7. The largest absolute Gasteiger partial charge is 0.392 e. The standard InChI is InChI=1S/C8H15NO2.2C7H13NO2/c1-7(10)5-9-4-3-8(6-9)11-2;2*1-6(9)4-8-3-2-7(10)5-8/h8H,3-6H2,1-2H3;2*7,10H,2-5H2,1H3/t8-;2*7-/m110/s1. The molecule has 2 N–H and O–H groups in total. The van der Waals surface area contributed by atoms with Crippen LogP contribution in [-0.4, -0.2) is 127 Å². The highest BCUT2D eigenvalue weighted by atomic mass is 16.5. The smallest absolute Gasteiger partial charge is 0.143 e. The van der Waals surface area contributed by atoms with E-state index >= 15 is 0 Å². The number of carbonyl (C=O) groups is 3. The lowest BCUT2D eigenvalue weighted by molar-refractivity contribution is -0.118. The van der Waals surface area contributed by atoms with Gasteiger partial charge in [-0.3, -0.25) is 29.1 Å². The first-order valence-corrected chi connectivity index (χ1v) is 11.1. The van der Waals surface area contributed by atoms with Crippen molar-refractivity contribution in [3.05, 3.63) is 0 Å². The van der Waals surface area contributed by atoms with Crippen LogP contribution < -0.4 is 0 Å². The number of ether oxygens (including phenoxy) is 1. The molecular weight excluding hydrogens is 402 g/mol. The second kappa shape index (κ2) is 14.8. The molecule has 9 heteroatoms. The molecule has 0 aromatic carbocycles. The van der Waals surface area contributed by atoms with Gasteiger partial charge in [-0.2, -0.15) is 0 Å². The predicted octanol–water partition coefficient (Wildman–Crippen LogP) is -0.420. The molecule has 0 aromatic heterocycles. The zero-order valence-corrected chi connectivity index (χ0v) is 19.6. The number of carbonyl (C=O) groups excluding carboxylic acids is 3. The van der Waals surface area contributed by atoms with Gasteiger partial charge in [-0.05, 0) is 40.0 Å². The number of hydrogen-bond donors (Lipinski definition) is 2. The molecule has 31 heavy (non-hydrogen) atoms. The van der Waals surface area contributed by atoms with E-state index in [1.54, 1.807) is 27.9 Å². The van der Waals surface area contributed by atoms with Gasteiger partial charge in [-0.25, -0.2) is 0 Å². The van der Waals surface area contributed by atoms with E-state index in [2.05, 4.69) is 4.90 Å². The molecule has 3 aliphatic rings. The molecule has 3 atom stereocenters. The predicted molar refractivity (Wildman–Crippen MR) is 118 cm³/mol. The van der Waals surface area contributed by atoms with E-state index in [-0.39, 0.29) is 29.6 Å². The van der Waals surface area contributed by atoms with Gasteiger partial charge < -0.3 is 14.9 Å². The van der Waals surface area contributed by atoms with Crippen LogP contribution in [0.15, 0.2) is 0 Å². The molecule has 0 saturated carbocycles. The molecule has 9 nitrogen and oxygen atoms in total. The van der Waals surface area contributed by atoms with Crippen LogP contribution in [0.4, 0.5) is 0 Å². The zero-order chi connectivity index (χ0) is 23.4. The van der Waals surface area contributed by atoms with Crippen molar-refractivity contribution in [2.24, 2.45) is 0 Å². The Labute approximate surface area is 186 Å². The number of β-amino-alcohol motifs (C(OH)–C–C–N with tert-alkyl or cyclic N) is 2. The average Bonchev–Trinajstić information content (AvgIpc) is 3.37. The van der Waals surface area contributed by atoms with Gasteiger partial charge in [0.25, 0.3) is 0 Å². The van der Waals surface area contributed by atoms with E-state index in [4.69, 9.17) is 14.9 Å². The summed E-state index contributed by atoms with van der Waals surface area (Å²) in [5.74, 6) is 0.588. The lowest BCUT2D eigenvalue weighted by atomic mass is 10.3. The van der Waals surface area contributed by atoms with E-state index in [1.807, 2.05) is 9.80 Å². The second-order valence-electron chi connectivity index (χ2n) is 8.84. The number of hydrogen-bond acceptors (Lipinski definition) is 9. The Morgan fingerprint density at radius 1 is 0.710 bits per heavy atom. The monoisotopic (exact) mass is 443 g/mol. The molecule has 0 aliphatic carbocycles. The van der Waals surface area contributed by atoms with Gasteiger partial charge in [0.05, 0.1) is 37.9 Å². The van der Waals surface area contributed by atoms with Gasteiger partial charge in [0.2, 0.25) is 0 Å². The first kappa shape index (κ1) is 27.8. The van der Waals surface area contributed by atoms with Gasteiger partial charge >= 0.3 is 0 Å². The van der Waals surface area contributed by atoms with Crippen molar-refractivity contribution in [1.29, 1.82) is 0 Å². The molecule has 0 amide bonds. The summed E-state index contributed by atoms with van der Waals surface area (Å²) in [6, 6.07) is 0. The summed E-state index contributed by atoms with van der Waals surface area (Å²) in [4.78, 5) is 38.0. The van der Waals surface area contributed by atoms with E-state index < -0.39 is 0 Å². The van der Waals surface area contributed by atoms with Gasteiger partial charge in [0.1, 0.15) is 17.3 Å². The summed E-state index contributed by atoms with van der Waals surface area (Å²) in [6.45, 7) is 11.3. The quantitative estimate of drug-likeness (QED) is 0.542. The number of aliphatic hydroxyl groups is 2. The van der Waals surface area contributed by atoms with Crippen molar-refractivity contribution in [1.82, 2.24) is 14.7 Å². The number of nitrogens with zero attached hydrogens (tertiary/aromatic N) is 3. The summed E-state index contributed by atoms with van der Waals surface area (Å²) in [7, 11) is 1.72. The summed E-state index contributed by atoms with van der Waals surface area (Å²) in [6.07, 6.45) is 2.61. The average molecular weight is 444 g/mol. The Hall–Kier alpha value is -1.23. The van der Waals surface area contributed by atoms with E-state index in [0.717, 1.165) is 45.4 Å². The maximum Gasteiger partial charge on any atom is 0.143 e. The topological polar surface area (TPSA) is 111 Å². The molecule has 0 radical (unpaired) electrons. The number of Topliss-reactive ketones (excluding diaryl/α,β-unsaturated/α-hetero) is 3. The number of methoxy groups -OCH3 is 1. The highest BCUT2D eigenvalue weighted by molar-refractivity contribution is 5.78. The molecule has 180 valence electrons. The second-order valence-corrected chi connectivity index (χ2v) is 8.84. The van der Waals surface area contributed by atoms with Crippen LogP contribution in [0.3, 0.4) is 0 Å². The lowest BCUT2D eigenvalue weighted by Crippen LogP contribution is -2.27. The Kier molecular flexibility index (Phi) is 13.2. The van der Waals surface area contributed by atoms with Crippen LogP contribution in [0.2, 0.25) is 0 Å². The molecular formula is C22H41N3O6. The molecule has 3 saturated heterocycles. The summed E-state index contributed by atoms with van der Waals surface area (Å²) in [5, 5.41) is 18.1. The number of likely N-dealkylation sites (tertiary alicyclic amines) is 3. The first-order chi connectivity index (χ1) is 14.6. The lowest BCUT2D eigenvalue weighted by Gasteiger charge is -2.12. The molecule has 3 aliphatic heterocycles. The minimum absolute atomic E-state index is 0.175.